The highest BCUT2D eigenvalue weighted by Crippen LogP contribution is 2.22. The van der Waals surface area contributed by atoms with Gasteiger partial charge in [0, 0.05) is 11.4 Å². The number of hydrogen-bond donors (Lipinski definition) is 1. The maximum Gasteiger partial charge on any atom is 0.0621 e. The van der Waals surface area contributed by atoms with Gasteiger partial charge in [-0.2, -0.15) is 0 Å². The summed E-state index contributed by atoms with van der Waals surface area (Å²) in [6.45, 7) is 0. The Balaban J connectivity index is 1.81. The van der Waals surface area contributed by atoms with Crippen molar-refractivity contribution in [3.05, 3.63) is 82.9 Å². The largest absolute Gasteiger partial charge is 0.392 e. The third-order valence-corrected chi connectivity index (χ3v) is 4.12. The van der Waals surface area contributed by atoms with Crippen molar-refractivity contribution >= 4 is 22.4 Å². The zero-order valence-electron chi connectivity index (χ0n) is 11.7. The van der Waals surface area contributed by atoms with Crippen LogP contribution >= 0.6 is 11.6 Å². The van der Waals surface area contributed by atoms with Crippen LogP contribution in [-0.2, 0) is 12.8 Å². The average Bonchev–Trinajstić information content (AvgIpc) is 2.50. The smallest absolute Gasteiger partial charge is 0.0621 e. The van der Waals surface area contributed by atoms with Gasteiger partial charge in [-0.15, -0.1) is 0 Å². The number of halogens is 1. The molecule has 3 aromatic rings. The van der Waals surface area contributed by atoms with E-state index in [1.54, 1.807) is 0 Å². The van der Waals surface area contributed by atoms with Crippen LogP contribution in [0.3, 0.4) is 0 Å². The SMILES string of the molecule is OC(Cc1ccccc1Cl)Cc1cccc2ccccc12. The topological polar surface area (TPSA) is 20.2 Å². The molecule has 0 saturated carbocycles. The highest BCUT2D eigenvalue weighted by molar-refractivity contribution is 6.31. The first-order valence-electron chi connectivity index (χ1n) is 7.12. The van der Waals surface area contributed by atoms with Gasteiger partial charge in [0.25, 0.3) is 0 Å². The van der Waals surface area contributed by atoms with Gasteiger partial charge in [-0.25, -0.2) is 0 Å². The molecule has 0 radical (unpaired) electrons. The summed E-state index contributed by atoms with van der Waals surface area (Å²) in [5.74, 6) is 0. The van der Waals surface area contributed by atoms with Gasteiger partial charge in [0.1, 0.15) is 0 Å². The van der Waals surface area contributed by atoms with E-state index in [1.807, 2.05) is 42.5 Å². The Morgan fingerprint density at radius 2 is 1.38 bits per heavy atom. The Morgan fingerprint density at radius 3 is 2.24 bits per heavy atom. The fourth-order valence-corrected chi connectivity index (χ4v) is 2.93. The van der Waals surface area contributed by atoms with Crippen molar-refractivity contribution in [3.63, 3.8) is 0 Å². The summed E-state index contributed by atoms with van der Waals surface area (Å²) in [4.78, 5) is 0. The molecule has 1 nitrogen and oxygen atoms in total. The second-order valence-corrected chi connectivity index (χ2v) is 5.70. The van der Waals surface area contributed by atoms with Gasteiger partial charge in [0.15, 0.2) is 0 Å². The Kier molecular flexibility index (Phi) is 4.23. The van der Waals surface area contributed by atoms with Crippen LogP contribution in [0.2, 0.25) is 5.02 Å². The third kappa shape index (κ3) is 3.26. The second kappa shape index (κ2) is 6.30. The van der Waals surface area contributed by atoms with Crippen LogP contribution in [0, 0.1) is 0 Å². The van der Waals surface area contributed by atoms with Crippen LogP contribution in [0.25, 0.3) is 10.8 Å². The predicted molar refractivity (Wildman–Crippen MR) is 88.8 cm³/mol. The standard InChI is InChI=1S/C19H17ClO/c20-19-11-4-2-7-16(19)13-17(21)12-15-9-5-8-14-6-1-3-10-18(14)15/h1-11,17,21H,12-13H2. The van der Waals surface area contributed by atoms with Crippen molar-refractivity contribution in [2.45, 2.75) is 18.9 Å². The summed E-state index contributed by atoms with van der Waals surface area (Å²) in [6, 6.07) is 22.2. The van der Waals surface area contributed by atoms with E-state index in [0.29, 0.717) is 12.8 Å². The lowest BCUT2D eigenvalue weighted by atomic mass is 9.97. The van der Waals surface area contributed by atoms with E-state index in [2.05, 4.69) is 24.3 Å². The Bertz CT molecular complexity index is 746. The average molecular weight is 297 g/mol. The monoisotopic (exact) mass is 296 g/mol. The molecule has 106 valence electrons. The van der Waals surface area contributed by atoms with Crippen molar-refractivity contribution in [2.75, 3.05) is 0 Å². The number of aliphatic hydroxyl groups is 1. The van der Waals surface area contributed by atoms with E-state index in [1.165, 1.54) is 16.3 Å². The molecule has 21 heavy (non-hydrogen) atoms. The van der Waals surface area contributed by atoms with Crippen LogP contribution in [0.4, 0.5) is 0 Å². The zero-order chi connectivity index (χ0) is 14.7. The third-order valence-electron chi connectivity index (χ3n) is 3.75. The van der Waals surface area contributed by atoms with Crippen molar-refractivity contribution in [1.82, 2.24) is 0 Å². The molecule has 1 unspecified atom stereocenters. The Hall–Kier alpha value is -1.83. The van der Waals surface area contributed by atoms with Crippen molar-refractivity contribution in [2.24, 2.45) is 0 Å². The minimum atomic E-state index is -0.435. The van der Waals surface area contributed by atoms with Crippen molar-refractivity contribution in [1.29, 1.82) is 0 Å². The molecule has 1 N–H and O–H groups in total. The molecule has 0 saturated heterocycles. The van der Waals surface area contributed by atoms with Crippen LogP contribution in [0.15, 0.2) is 66.7 Å². The molecule has 0 spiro atoms. The van der Waals surface area contributed by atoms with Gasteiger partial charge < -0.3 is 5.11 Å². The molecule has 0 aromatic heterocycles. The Labute approximate surface area is 129 Å². The number of aliphatic hydroxyl groups excluding tert-OH is 1. The molecule has 2 heteroatoms. The van der Waals surface area contributed by atoms with E-state index in [-0.39, 0.29) is 0 Å². The summed E-state index contributed by atoms with van der Waals surface area (Å²) in [5.41, 5.74) is 2.17. The lowest BCUT2D eigenvalue weighted by molar-refractivity contribution is 0.176. The number of benzene rings is 3. The molecular weight excluding hydrogens is 280 g/mol. The normalized spacial score (nSPS) is 12.5. The quantitative estimate of drug-likeness (QED) is 0.743. The molecule has 3 rings (SSSR count). The molecule has 0 fully saturated rings. The van der Waals surface area contributed by atoms with E-state index in [0.717, 1.165) is 10.6 Å². The van der Waals surface area contributed by atoms with Crippen LogP contribution in [-0.4, -0.2) is 11.2 Å². The molecule has 0 bridgehead atoms. The lowest BCUT2D eigenvalue weighted by Gasteiger charge is -2.13. The molecule has 0 aliphatic rings. The van der Waals surface area contributed by atoms with Gasteiger partial charge in [-0.3, -0.25) is 0 Å². The van der Waals surface area contributed by atoms with Gasteiger partial charge in [-0.1, -0.05) is 72.3 Å². The zero-order valence-corrected chi connectivity index (χ0v) is 12.4. The number of rotatable bonds is 4. The van der Waals surface area contributed by atoms with Gasteiger partial charge in [0.2, 0.25) is 0 Å². The van der Waals surface area contributed by atoms with Crippen LogP contribution in [0.5, 0.6) is 0 Å². The van der Waals surface area contributed by atoms with Gasteiger partial charge >= 0.3 is 0 Å². The summed E-state index contributed by atoms with van der Waals surface area (Å²) in [5, 5.41) is 13.5. The second-order valence-electron chi connectivity index (χ2n) is 5.29. The molecule has 0 amide bonds. The van der Waals surface area contributed by atoms with E-state index in [9.17, 15) is 5.11 Å². The van der Waals surface area contributed by atoms with Gasteiger partial charge in [0.05, 0.1) is 6.10 Å². The predicted octanol–water partition coefficient (Wildman–Crippen LogP) is 4.64. The maximum absolute atomic E-state index is 10.4. The molecule has 0 heterocycles. The fourth-order valence-electron chi connectivity index (χ4n) is 2.71. The molecule has 0 aliphatic carbocycles. The fraction of sp³-hybridized carbons (Fsp3) is 0.158. The first-order chi connectivity index (χ1) is 10.2. The number of hydrogen-bond acceptors (Lipinski definition) is 1. The van der Waals surface area contributed by atoms with E-state index >= 15 is 0 Å². The summed E-state index contributed by atoms with van der Waals surface area (Å²) in [6.07, 6.45) is 0.769. The molecule has 1 atom stereocenters. The van der Waals surface area contributed by atoms with E-state index < -0.39 is 6.10 Å². The first kappa shape index (κ1) is 14.1. The molecular formula is C19H17ClO. The Morgan fingerprint density at radius 1 is 0.762 bits per heavy atom. The molecule has 3 aromatic carbocycles. The van der Waals surface area contributed by atoms with E-state index in [4.69, 9.17) is 11.6 Å². The lowest BCUT2D eigenvalue weighted by Crippen LogP contribution is -2.14. The summed E-state index contributed by atoms with van der Waals surface area (Å²) >= 11 is 6.16. The summed E-state index contributed by atoms with van der Waals surface area (Å²) < 4.78 is 0. The van der Waals surface area contributed by atoms with Crippen molar-refractivity contribution < 1.29 is 5.11 Å². The summed E-state index contributed by atoms with van der Waals surface area (Å²) in [7, 11) is 0. The highest BCUT2D eigenvalue weighted by Gasteiger charge is 2.11. The minimum Gasteiger partial charge on any atom is -0.392 e. The minimum absolute atomic E-state index is 0.435. The van der Waals surface area contributed by atoms with Crippen molar-refractivity contribution in [3.8, 4) is 0 Å². The highest BCUT2D eigenvalue weighted by atomic mass is 35.5. The first-order valence-corrected chi connectivity index (χ1v) is 7.50. The maximum atomic E-state index is 10.4. The van der Waals surface area contributed by atoms with Crippen LogP contribution < -0.4 is 0 Å². The van der Waals surface area contributed by atoms with Gasteiger partial charge in [-0.05, 0) is 34.4 Å². The van der Waals surface area contributed by atoms with Crippen LogP contribution in [0.1, 0.15) is 11.1 Å². The number of fused-ring (bicyclic) bond motifs is 1. The molecule has 0 aliphatic heterocycles.